The summed E-state index contributed by atoms with van der Waals surface area (Å²) in [6.45, 7) is 4.96. The first-order valence-electron chi connectivity index (χ1n) is 11.2. The molecule has 162 valence electrons. The molecule has 0 rings (SSSR count). The van der Waals surface area contributed by atoms with Gasteiger partial charge in [0.1, 0.15) is 6.61 Å². The molecule has 0 aromatic carbocycles. The van der Waals surface area contributed by atoms with E-state index in [1.165, 1.54) is 57.8 Å². The molecule has 0 radical (unpaired) electrons. The lowest BCUT2D eigenvalue weighted by Gasteiger charge is -2.07. The predicted octanol–water partition coefficient (Wildman–Crippen LogP) is 6.28. The summed E-state index contributed by atoms with van der Waals surface area (Å²) in [5, 5.41) is 0. The van der Waals surface area contributed by atoms with Gasteiger partial charge >= 0.3 is 5.97 Å². The number of hydrogen-bond acceptors (Lipinski definition) is 4. The molecule has 0 aliphatic rings. The predicted molar refractivity (Wildman–Crippen MR) is 114 cm³/mol. The monoisotopic (exact) mass is 406 g/mol. The number of carbonyl (C=O) groups excluding carboxylic acids is 1. The molecular formula is C22H43ClO4. The Balaban J connectivity index is 3.13. The molecule has 5 heteroatoms. The highest BCUT2D eigenvalue weighted by molar-refractivity contribution is 6.17. The molecule has 0 atom stereocenters. The Morgan fingerprint density at radius 3 is 1.81 bits per heavy atom. The van der Waals surface area contributed by atoms with Crippen LogP contribution in [0, 0.1) is 0 Å². The zero-order valence-corrected chi connectivity index (χ0v) is 18.4. The lowest BCUT2D eigenvalue weighted by molar-refractivity contribution is -0.145. The Labute approximate surface area is 172 Å². The number of hydrogen-bond donors (Lipinski definition) is 0. The van der Waals surface area contributed by atoms with Gasteiger partial charge in [0.05, 0.1) is 19.8 Å². The molecule has 0 fully saturated rings. The van der Waals surface area contributed by atoms with Crippen molar-refractivity contribution in [3.8, 4) is 0 Å². The SMILES string of the molecule is CCCCCCCCCCCC(=O)OCCOCCOCCCCCCCl. The summed E-state index contributed by atoms with van der Waals surface area (Å²) >= 11 is 5.63. The van der Waals surface area contributed by atoms with E-state index in [-0.39, 0.29) is 5.97 Å². The fraction of sp³-hybridized carbons (Fsp3) is 0.955. The highest BCUT2D eigenvalue weighted by Gasteiger charge is 2.02. The van der Waals surface area contributed by atoms with Gasteiger partial charge in [-0.1, -0.05) is 71.1 Å². The van der Waals surface area contributed by atoms with E-state index in [4.69, 9.17) is 25.8 Å². The van der Waals surface area contributed by atoms with E-state index < -0.39 is 0 Å². The van der Waals surface area contributed by atoms with Gasteiger partial charge in [0, 0.05) is 18.9 Å². The van der Waals surface area contributed by atoms with E-state index in [0.717, 1.165) is 38.2 Å². The summed E-state index contributed by atoms with van der Waals surface area (Å²) in [5.74, 6) is 0.646. The van der Waals surface area contributed by atoms with Crippen LogP contribution in [0.25, 0.3) is 0 Å². The molecule has 0 aliphatic heterocycles. The average Bonchev–Trinajstić information content (AvgIpc) is 2.67. The largest absolute Gasteiger partial charge is 0.463 e. The summed E-state index contributed by atoms with van der Waals surface area (Å²) in [7, 11) is 0. The summed E-state index contributed by atoms with van der Waals surface area (Å²) in [4.78, 5) is 11.6. The standard InChI is InChI=1S/C22H43ClO4/c1-2-3-4-5-6-7-8-9-12-15-22(24)27-21-20-26-19-18-25-17-14-11-10-13-16-23/h2-21H2,1H3. The second-order valence-electron chi connectivity index (χ2n) is 7.13. The van der Waals surface area contributed by atoms with Gasteiger partial charge in [0.25, 0.3) is 0 Å². The van der Waals surface area contributed by atoms with Crippen molar-refractivity contribution in [3.63, 3.8) is 0 Å². The fourth-order valence-corrected chi connectivity index (χ4v) is 3.03. The van der Waals surface area contributed by atoms with Gasteiger partial charge in [-0.15, -0.1) is 11.6 Å². The lowest BCUT2D eigenvalue weighted by Crippen LogP contribution is -2.13. The first-order chi connectivity index (χ1) is 13.3. The molecule has 0 heterocycles. The average molecular weight is 407 g/mol. The topological polar surface area (TPSA) is 44.8 Å². The van der Waals surface area contributed by atoms with Gasteiger partial charge in [-0.25, -0.2) is 0 Å². The minimum Gasteiger partial charge on any atom is -0.463 e. The molecule has 0 aromatic rings. The van der Waals surface area contributed by atoms with E-state index in [9.17, 15) is 4.79 Å². The van der Waals surface area contributed by atoms with Crippen molar-refractivity contribution >= 4 is 17.6 Å². The molecule has 0 aromatic heterocycles. The Kier molecular flexibility index (Phi) is 23.4. The Bertz CT molecular complexity index is 300. The molecule has 0 amide bonds. The van der Waals surface area contributed by atoms with E-state index in [1.54, 1.807) is 0 Å². The van der Waals surface area contributed by atoms with Gasteiger partial charge in [-0.2, -0.15) is 0 Å². The van der Waals surface area contributed by atoms with E-state index in [0.29, 0.717) is 32.8 Å². The highest BCUT2D eigenvalue weighted by Crippen LogP contribution is 2.10. The van der Waals surface area contributed by atoms with Gasteiger partial charge < -0.3 is 14.2 Å². The van der Waals surface area contributed by atoms with Crippen molar-refractivity contribution in [2.75, 3.05) is 38.9 Å². The molecule has 0 saturated carbocycles. The number of ether oxygens (including phenoxy) is 3. The van der Waals surface area contributed by atoms with Crippen molar-refractivity contribution in [3.05, 3.63) is 0 Å². The molecule has 0 spiro atoms. The number of alkyl halides is 1. The van der Waals surface area contributed by atoms with Crippen LogP contribution < -0.4 is 0 Å². The highest BCUT2D eigenvalue weighted by atomic mass is 35.5. The maximum absolute atomic E-state index is 11.6. The van der Waals surface area contributed by atoms with Crippen LogP contribution in [0.1, 0.15) is 96.8 Å². The van der Waals surface area contributed by atoms with Gasteiger partial charge in [-0.05, 0) is 19.3 Å². The molecule has 4 nitrogen and oxygen atoms in total. The fourth-order valence-electron chi connectivity index (χ4n) is 2.84. The van der Waals surface area contributed by atoms with Crippen LogP contribution in [0.3, 0.4) is 0 Å². The normalized spacial score (nSPS) is 11.0. The Morgan fingerprint density at radius 2 is 1.15 bits per heavy atom. The lowest BCUT2D eigenvalue weighted by atomic mass is 10.1. The van der Waals surface area contributed by atoms with Crippen molar-refractivity contribution in [1.29, 1.82) is 0 Å². The minimum absolute atomic E-state index is 0.102. The van der Waals surface area contributed by atoms with E-state index in [1.807, 2.05) is 0 Å². The van der Waals surface area contributed by atoms with Gasteiger partial charge in [-0.3, -0.25) is 4.79 Å². The third kappa shape index (κ3) is 23.6. The minimum atomic E-state index is -0.102. The summed E-state index contributed by atoms with van der Waals surface area (Å²) < 4.78 is 16.1. The van der Waals surface area contributed by atoms with Crippen LogP contribution in [0.2, 0.25) is 0 Å². The van der Waals surface area contributed by atoms with Crippen molar-refractivity contribution in [2.45, 2.75) is 96.8 Å². The molecule has 0 aliphatic carbocycles. The van der Waals surface area contributed by atoms with Crippen molar-refractivity contribution in [2.24, 2.45) is 0 Å². The van der Waals surface area contributed by atoms with E-state index in [2.05, 4.69) is 6.92 Å². The second kappa shape index (κ2) is 23.7. The van der Waals surface area contributed by atoms with Gasteiger partial charge in [0.15, 0.2) is 0 Å². The quantitative estimate of drug-likeness (QED) is 0.120. The number of unbranched alkanes of at least 4 members (excludes halogenated alkanes) is 11. The second-order valence-corrected chi connectivity index (χ2v) is 7.50. The molecule has 27 heavy (non-hydrogen) atoms. The molecule has 0 bridgehead atoms. The van der Waals surface area contributed by atoms with Crippen molar-refractivity contribution < 1.29 is 19.0 Å². The number of rotatable bonds is 22. The van der Waals surface area contributed by atoms with Crippen LogP contribution in [-0.4, -0.2) is 44.9 Å². The maximum Gasteiger partial charge on any atom is 0.305 e. The summed E-state index contributed by atoms with van der Waals surface area (Å²) in [5.41, 5.74) is 0. The maximum atomic E-state index is 11.6. The van der Waals surface area contributed by atoms with Crippen LogP contribution in [0.15, 0.2) is 0 Å². The first kappa shape index (κ1) is 26.7. The number of carbonyl (C=O) groups is 1. The molecule has 0 saturated heterocycles. The van der Waals surface area contributed by atoms with Crippen LogP contribution in [0.4, 0.5) is 0 Å². The van der Waals surface area contributed by atoms with Crippen LogP contribution >= 0.6 is 11.6 Å². The van der Waals surface area contributed by atoms with Crippen LogP contribution in [0.5, 0.6) is 0 Å². The smallest absolute Gasteiger partial charge is 0.305 e. The zero-order valence-electron chi connectivity index (χ0n) is 17.7. The number of esters is 1. The first-order valence-corrected chi connectivity index (χ1v) is 11.7. The molecule has 0 unspecified atom stereocenters. The van der Waals surface area contributed by atoms with Gasteiger partial charge in [0.2, 0.25) is 0 Å². The van der Waals surface area contributed by atoms with Crippen molar-refractivity contribution in [1.82, 2.24) is 0 Å². The number of halogens is 1. The summed E-state index contributed by atoms with van der Waals surface area (Å²) in [6.07, 6.45) is 16.3. The Hall–Kier alpha value is -0.320. The Morgan fingerprint density at radius 1 is 0.630 bits per heavy atom. The summed E-state index contributed by atoms with van der Waals surface area (Å²) in [6, 6.07) is 0. The third-order valence-corrected chi connectivity index (χ3v) is 4.79. The third-order valence-electron chi connectivity index (χ3n) is 4.52. The van der Waals surface area contributed by atoms with Crippen LogP contribution in [-0.2, 0) is 19.0 Å². The molecular weight excluding hydrogens is 364 g/mol. The zero-order chi connectivity index (χ0) is 19.8. The van der Waals surface area contributed by atoms with E-state index >= 15 is 0 Å². The molecule has 0 N–H and O–H groups in total.